The number of anilines is 2. The molecule has 2 heterocycles. The zero-order chi connectivity index (χ0) is 24.0. The van der Waals surface area contributed by atoms with Crippen molar-refractivity contribution < 1.29 is 9.18 Å². The summed E-state index contributed by atoms with van der Waals surface area (Å²) in [5.41, 5.74) is 4.65. The maximum atomic E-state index is 15.1. The number of amides is 1. The molecule has 4 nitrogen and oxygen atoms in total. The number of carbonyl (C=O) groups excluding carboxylic acids is 1. The minimum atomic E-state index is -0.246. The SMILES string of the molecule is CN(C)[C@@H]1CCN(c2ccc(N3CCc4cc(C(C)(C)C5CCCC5)ccc4C3=O)cc2F)C1. The Morgan fingerprint density at radius 3 is 2.44 bits per heavy atom. The van der Waals surface area contributed by atoms with E-state index in [4.69, 9.17) is 0 Å². The average Bonchev–Trinajstić information content (AvgIpc) is 3.52. The highest BCUT2D eigenvalue weighted by molar-refractivity contribution is 6.08. The summed E-state index contributed by atoms with van der Waals surface area (Å²) in [6.45, 7) is 6.98. The van der Waals surface area contributed by atoms with Gasteiger partial charge in [-0.15, -0.1) is 0 Å². The normalized spacial score (nSPS) is 21.6. The monoisotopic (exact) mass is 463 g/mol. The molecule has 0 spiro atoms. The molecule has 5 rings (SSSR count). The van der Waals surface area contributed by atoms with E-state index in [0.29, 0.717) is 29.9 Å². The van der Waals surface area contributed by atoms with Gasteiger partial charge in [-0.25, -0.2) is 4.39 Å². The number of likely N-dealkylation sites (N-methyl/N-ethyl adjacent to an activating group) is 1. The number of hydrogen-bond acceptors (Lipinski definition) is 3. The van der Waals surface area contributed by atoms with Gasteiger partial charge in [-0.05, 0) is 86.5 Å². The quantitative estimate of drug-likeness (QED) is 0.574. The van der Waals surface area contributed by atoms with E-state index in [2.05, 4.69) is 49.9 Å². The summed E-state index contributed by atoms with van der Waals surface area (Å²) in [5.74, 6) is 0.447. The van der Waals surface area contributed by atoms with Crippen LogP contribution in [-0.2, 0) is 11.8 Å². The largest absolute Gasteiger partial charge is 0.368 e. The lowest BCUT2D eigenvalue weighted by molar-refractivity contribution is 0.0980. The highest BCUT2D eigenvalue weighted by Gasteiger charge is 2.35. The molecule has 2 fully saturated rings. The van der Waals surface area contributed by atoms with Gasteiger partial charge >= 0.3 is 0 Å². The van der Waals surface area contributed by atoms with Crippen molar-refractivity contribution in [3.63, 3.8) is 0 Å². The fourth-order valence-electron chi connectivity index (χ4n) is 6.32. The molecule has 1 amide bonds. The Labute approximate surface area is 203 Å². The number of rotatable bonds is 5. The molecule has 1 atom stereocenters. The molecule has 0 N–H and O–H groups in total. The van der Waals surface area contributed by atoms with E-state index in [9.17, 15) is 4.79 Å². The second-order valence-electron chi connectivity index (χ2n) is 11.3. The van der Waals surface area contributed by atoms with Crippen molar-refractivity contribution in [1.29, 1.82) is 0 Å². The summed E-state index contributed by atoms with van der Waals surface area (Å²) in [7, 11) is 4.15. The van der Waals surface area contributed by atoms with E-state index in [1.807, 2.05) is 18.2 Å². The Kier molecular flexibility index (Phi) is 6.18. The Bertz CT molecular complexity index is 1070. The van der Waals surface area contributed by atoms with Crippen LogP contribution in [0.3, 0.4) is 0 Å². The summed E-state index contributed by atoms with van der Waals surface area (Å²) < 4.78 is 15.1. The standard InChI is InChI=1S/C29H38FN3O/c1-29(2,21-7-5-6-8-21)22-9-11-25-20(17-22)13-16-33(28(25)34)23-10-12-27(26(30)18-23)32-15-14-24(19-32)31(3)4/h9-12,17-18,21,24H,5-8,13-16,19H2,1-4H3/t24-/m1/s1. The highest BCUT2D eigenvalue weighted by atomic mass is 19.1. The van der Waals surface area contributed by atoms with Crippen LogP contribution in [0.4, 0.5) is 15.8 Å². The molecule has 3 aliphatic rings. The first kappa shape index (κ1) is 23.3. The number of fused-ring (bicyclic) bond motifs is 1. The molecule has 2 aromatic rings. The summed E-state index contributed by atoms with van der Waals surface area (Å²) in [6.07, 6.45) is 7.09. The first-order valence-electron chi connectivity index (χ1n) is 12.9. The van der Waals surface area contributed by atoms with Gasteiger partial charge in [0.05, 0.1) is 5.69 Å². The van der Waals surface area contributed by atoms with E-state index in [0.717, 1.165) is 37.1 Å². The topological polar surface area (TPSA) is 26.8 Å². The predicted molar refractivity (Wildman–Crippen MR) is 138 cm³/mol. The summed E-state index contributed by atoms with van der Waals surface area (Å²) in [5, 5.41) is 0. The molecule has 5 heteroatoms. The lowest BCUT2D eigenvalue weighted by Crippen LogP contribution is -2.38. The third-order valence-electron chi connectivity index (χ3n) is 8.78. The lowest BCUT2D eigenvalue weighted by atomic mass is 9.71. The maximum absolute atomic E-state index is 15.1. The van der Waals surface area contributed by atoms with Gasteiger partial charge in [0.2, 0.25) is 0 Å². The van der Waals surface area contributed by atoms with E-state index < -0.39 is 0 Å². The van der Waals surface area contributed by atoms with Gasteiger partial charge < -0.3 is 14.7 Å². The molecule has 2 aromatic carbocycles. The van der Waals surface area contributed by atoms with Crippen molar-refractivity contribution in [2.75, 3.05) is 43.5 Å². The third-order valence-corrected chi connectivity index (χ3v) is 8.78. The van der Waals surface area contributed by atoms with Gasteiger partial charge in [0.25, 0.3) is 5.91 Å². The lowest BCUT2D eigenvalue weighted by Gasteiger charge is -2.34. The zero-order valence-electron chi connectivity index (χ0n) is 21.1. The van der Waals surface area contributed by atoms with Crippen LogP contribution in [0.25, 0.3) is 0 Å². The molecule has 0 aromatic heterocycles. The molecule has 34 heavy (non-hydrogen) atoms. The number of hydrogen-bond donors (Lipinski definition) is 0. The average molecular weight is 464 g/mol. The number of nitrogens with zero attached hydrogens (tertiary/aromatic N) is 3. The molecule has 2 aliphatic heterocycles. The van der Waals surface area contributed by atoms with Gasteiger partial charge in [-0.2, -0.15) is 0 Å². The highest BCUT2D eigenvalue weighted by Crippen LogP contribution is 2.42. The van der Waals surface area contributed by atoms with Crippen molar-refractivity contribution in [1.82, 2.24) is 4.90 Å². The molecule has 1 saturated carbocycles. The smallest absolute Gasteiger partial charge is 0.258 e. The second kappa shape index (κ2) is 8.99. The summed E-state index contributed by atoms with van der Waals surface area (Å²) in [6, 6.07) is 12.2. The van der Waals surface area contributed by atoms with Crippen LogP contribution in [0.15, 0.2) is 36.4 Å². The number of carbonyl (C=O) groups is 1. The van der Waals surface area contributed by atoms with Crippen LogP contribution in [-0.4, -0.2) is 50.6 Å². The summed E-state index contributed by atoms with van der Waals surface area (Å²) >= 11 is 0. The molecule has 182 valence electrons. The van der Waals surface area contributed by atoms with Crippen molar-refractivity contribution in [3.05, 3.63) is 58.9 Å². The molecule has 0 radical (unpaired) electrons. The molecule has 0 bridgehead atoms. The van der Waals surface area contributed by atoms with Crippen molar-refractivity contribution in [2.24, 2.45) is 5.92 Å². The van der Waals surface area contributed by atoms with Gasteiger partial charge in [-0.1, -0.05) is 38.8 Å². The van der Waals surface area contributed by atoms with Crippen LogP contribution < -0.4 is 9.80 Å². The van der Waals surface area contributed by atoms with Crippen molar-refractivity contribution in [2.45, 2.75) is 63.8 Å². The van der Waals surface area contributed by atoms with E-state index >= 15 is 4.39 Å². The molecule has 1 aliphatic carbocycles. The summed E-state index contributed by atoms with van der Waals surface area (Å²) in [4.78, 5) is 19.5. The van der Waals surface area contributed by atoms with Gasteiger partial charge in [0.15, 0.2) is 0 Å². The predicted octanol–water partition coefficient (Wildman–Crippen LogP) is 5.64. The number of halogens is 1. The van der Waals surface area contributed by atoms with Crippen LogP contribution >= 0.6 is 0 Å². The minimum Gasteiger partial charge on any atom is -0.368 e. The zero-order valence-corrected chi connectivity index (χ0v) is 21.1. The first-order chi connectivity index (χ1) is 16.3. The van der Waals surface area contributed by atoms with Crippen LogP contribution in [0.2, 0.25) is 0 Å². The molecule has 0 unspecified atom stereocenters. The minimum absolute atomic E-state index is 0.0209. The Balaban J connectivity index is 1.34. The van der Waals surface area contributed by atoms with Crippen molar-refractivity contribution in [3.8, 4) is 0 Å². The third kappa shape index (κ3) is 4.13. The Morgan fingerprint density at radius 2 is 1.76 bits per heavy atom. The van der Waals surface area contributed by atoms with E-state index in [-0.39, 0.29) is 17.1 Å². The molecular weight excluding hydrogens is 425 g/mol. The van der Waals surface area contributed by atoms with Gasteiger partial charge in [0.1, 0.15) is 5.82 Å². The fourth-order valence-corrected chi connectivity index (χ4v) is 6.32. The maximum Gasteiger partial charge on any atom is 0.258 e. The van der Waals surface area contributed by atoms with Gasteiger partial charge in [-0.3, -0.25) is 4.79 Å². The van der Waals surface area contributed by atoms with Crippen LogP contribution in [0.1, 0.15) is 67.4 Å². The van der Waals surface area contributed by atoms with E-state index in [1.165, 1.54) is 31.2 Å². The number of benzene rings is 2. The van der Waals surface area contributed by atoms with E-state index in [1.54, 1.807) is 11.0 Å². The van der Waals surface area contributed by atoms with Crippen LogP contribution in [0.5, 0.6) is 0 Å². The second-order valence-corrected chi connectivity index (χ2v) is 11.3. The first-order valence-corrected chi connectivity index (χ1v) is 12.9. The Hall–Kier alpha value is -2.40. The van der Waals surface area contributed by atoms with Crippen LogP contribution in [0, 0.1) is 11.7 Å². The Morgan fingerprint density at radius 1 is 1.00 bits per heavy atom. The molecular formula is C29H38FN3O. The fraction of sp³-hybridized carbons (Fsp3) is 0.552. The molecule has 1 saturated heterocycles. The van der Waals surface area contributed by atoms with Crippen molar-refractivity contribution >= 4 is 17.3 Å². The van der Waals surface area contributed by atoms with Gasteiger partial charge in [0, 0.05) is 36.9 Å².